The molecule has 0 saturated heterocycles. The molecule has 2 heterocycles. The van der Waals surface area contributed by atoms with Gasteiger partial charge in [-0.3, -0.25) is 14.6 Å². The van der Waals surface area contributed by atoms with Gasteiger partial charge in [0, 0.05) is 30.3 Å². The Bertz CT molecular complexity index is 893. The molecule has 1 amide bonds. The van der Waals surface area contributed by atoms with E-state index in [0.29, 0.717) is 30.5 Å². The van der Waals surface area contributed by atoms with Crippen LogP contribution in [-0.4, -0.2) is 21.8 Å². The van der Waals surface area contributed by atoms with Crippen molar-refractivity contribution in [2.75, 3.05) is 0 Å². The fourth-order valence-electron chi connectivity index (χ4n) is 4.41. The first kappa shape index (κ1) is 15.2. The summed E-state index contributed by atoms with van der Waals surface area (Å²) in [5, 5.41) is 0.150. The number of nitrogens with zero attached hydrogens (tertiary/aromatic N) is 1. The quantitative estimate of drug-likeness (QED) is 0.885. The molecule has 24 heavy (non-hydrogen) atoms. The molecule has 2 aliphatic rings. The molecule has 0 spiro atoms. The Morgan fingerprint density at radius 2 is 2.17 bits per heavy atom. The van der Waals surface area contributed by atoms with E-state index >= 15 is 0 Å². The summed E-state index contributed by atoms with van der Waals surface area (Å²) < 4.78 is 27.9. The lowest BCUT2D eigenvalue weighted by atomic mass is 9.97. The maximum atomic E-state index is 13.9. The number of hydrogen-bond donors (Lipinski definition) is 2. The number of aromatic nitrogens is 2. The average Bonchev–Trinajstić information content (AvgIpc) is 3.07. The number of rotatable bonds is 2. The summed E-state index contributed by atoms with van der Waals surface area (Å²) in [6.45, 7) is 0. The van der Waals surface area contributed by atoms with Crippen LogP contribution in [0.1, 0.15) is 47.8 Å². The van der Waals surface area contributed by atoms with Crippen molar-refractivity contribution in [2.45, 2.75) is 37.5 Å². The summed E-state index contributed by atoms with van der Waals surface area (Å²) in [5.74, 6) is -4.04. The average molecular weight is 333 g/mol. The Hall–Kier alpha value is -2.31. The van der Waals surface area contributed by atoms with Crippen molar-refractivity contribution in [2.24, 2.45) is 17.6 Å². The molecule has 0 radical (unpaired) electrons. The number of H-pyrrole nitrogens is 1. The minimum atomic E-state index is -2.60. The number of nitrogens with two attached hydrogens (primary N) is 1. The van der Waals surface area contributed by atoms with Crippen molar-refractivity contribution >= 4 is 16.8 Å². The number of amides is 1. The number of pyridine rings is 2. The summed E-state index contributed by atoms with van der Waals surface area (Å²) in [6, 6.07) is 3.00. The van der Waals surface area contributed by atoms with Crippen molar-refractivity contribution in [3.63, 3.8) is 0 Å². The van der Waals surface area contributed by atoms with E-state index < -0.39 is 17.7 Å². The van der Waals surface area contributed by atoms with Crippen LogP contribution in [0, 0.1) is 11.8 Å². The second-order valence-corrected chi connectivity index (χ2v) is 6.87. The number of aromatic amines is 1. The maximum absolute atomic E-state index is 13.9. The van der Waals surface area contributed by atoms with Gasteiger partial charge in [0.1, 0.15) is 5.69 Å². The molecule has 3 unspecified atom stereocenters. The van der Waals surface area contributed by atoms with Crippen LogP contribution in [-0.2, 0) is 0 Å². The van der Waals surface area contributed by atoms with Crippen molar-refractivity contribution in [3.8, 4) is 0 Å². The predicted molar refractivity (Wildman–Crippen MR) is 84.0 cm³/mol. The highest BCUT2D eigenvalue weighted by Crippen LogP contribution is 2.56. The lowest BCUT2D eigenvalue weighted by Gasteiger charge is -2.18. The van der Waals surface area contributed by atoms with E-state index in [9.17, 15) is 18.4 Å². The molecule has 0 aliphatic heterocycles. The van der Waals surface area contributed by atoms with Gasteiger partial charge in [-0.05, 0) is 37.2 Å². The topological polar surface area (TPSA) is 88.8 Å². The second-order valence-electron chi connectivity index (χ2n) is 6.87. The first-order valence-corrected chi connectivity index (χ1v) is 8.06. The van der Waals surface area contributed by atoms with Gasteiger partial charge in [-0.25, -0.2) is 8.78 Å². The van der Waals surface area contributed by atoms with Crippen molar-refractivity contribution < 1.29 is 13.6 Å². The maximum Gasteiger partial charge on any atom is 0.268 e. The summed E-state index contributed by atoms with van der Waals surface area (Å²) in [6.07, 6.45) is 2.96. The molecule has 3 atom stereocenters. The van der Waals surface area contributed by atoms with Gasteiger partial charge in [-0.2, -0.15) is 0 Å². The van der Waals surface area contributed by atoms with Crippen LogP contribution in [0.25, 0.3) is 10.9 Å². The van der Waals surface area contributed by atoms with E-state index in [-0.39, 0.29) is 34.8 Å². The van der Waals surface area contributed by atoms with Crippen molar-refractivity contribution in [3.05, 3.63) is 39.9 Å². The molecule has 0 bridgehead atoms. The highest BCUT2D eigenvalue weighted by Gasteiger charge is 2.54. The molecule has 0 aromatic carbocycles. The van der Waals surface area contributed by atoms with Crippen LogP contribution in [0.4, 0.5) is 8.78 Å². The molecular formula is C17H17F2N3O2. The van der Waals surface area contributed by atoms with Crippen molar-refractivity contribution in [1.29, 1.82) is 0 Å². The van der Waals surface area contributed by atoms with Gasteiger partial charge in [-0.15, -0.1) is 0 Å². The fraction of sp³-hybridized carbons (Fsp3) is 0.471. The minimum absolute atomic E-state index is 0.0165. The number of fused-ring (bicyclic) bond motifs is 2. The molecule has 126 valence electrons. The monoisotopic (exact) mass is 333 g/mol. The van der Waals surface area contributed by atoms with Gasteiger partial charge in [0.05, 0.1) is 10.9 Å². The van der Waals surface area contributed by atoms with Gasteiger partial charge in [0.25, 0.3) is 11.8 Å². The molecular weight excluding hydrogens is 316 g/mol. The van der Waals surface area contributed by atoms with Gasteiger partial charge >= 0.3 is 0 Å². The third kappa shape index (κ3) is 2.22. The zero-order chi connectivity index (χ0) is 17.1. The van der Waals surface area contributed by atoms with Crippen LogP contribution < -0.4 is 11.2 Å². The zero-order valence-electron chi connectivity index (χ0n) is 12.9. The van der Waals surface area contributed by atoms with Crippen LogP contribution in [0.15, 0.2) is 23.1 Å². The van der Waals surface area contributed by atoms with Crippen LogP contribution >= 0.6 is 0 Å². The number of halogens is 2. The fourth-order valence-corrected chi connectivity index (χ4v) is 4.41. The number of carbonyl (C=O) groups is 1. The standard InChI is InChI=1S/C17H17F2N3O2/c18-17(19)3-1-8-5-9(6-10(8)17)12-7-13(23)14-11(22-12)2-4-21-15(14)16(20)24/h2,4,7-10H,1,3,5-6H2,(H2,20,24)(H,22,23). The number of carbonyl (C=O) groups excluding carboxylic acids is 1. The molecule has 7 heteroatoms. The van der Waals surface area contributed by atoms with Crippen LogP contribution in [0.5, 0.6) is 0 Å². The predicted octanol–water partition coefficient (Wildman–Crippen LogP) is 2.56. The number of alkyl halides is 2. The first-order valence-electron chi connectivity index (χ1n) is 8.06. The van der Waals surface area contributed by atoms with E-state index in [1.54, 1.807) is 6.07 Å². The van der Waals surface area contributed by atoms with Gasteiger partial charge in [0.2, 0.25) is 0 Å². The van der Waals surface area contributed by atoms with Crippen molar-refractivity contribution in [1.82, 2.24) is 9.97 Å². The summed E-state index contributed by atoms with van der Waals surface area (Å²) >= 11 is 0. The Labute approximate surface area is 136 Å². The minimum Gasteiger partial charge on any atom is -0.364 e. The molecule has 3 N–H and O–H groups in total. The number of hydrogen-bond acceptors (Lipinski definition) is 3. The second kappa shape index (κ2) is 5.09. The van der Waals surface area contributed by atoms with Gasteiger partial charge in [-0.1, -0.05) is 0 Å². The Morgan fingerprint density at radius 3 is 2.88 bits per heavy atom. The summed E-state index contributed by atoms with van der Waals surface area (Å²) in [5.41, 5.74) is 5.95. The van der Waals surface area contributed by atoms with Gasteiger partial charge < -0.3 is 10.7 Å². The number of primary amides is 1. The largest absolute Gasteiger partial charge is 0.364 e. The molecule has 2 aromatic heterocycles. The molecule has 2 saturated carbocycles. The first-order chi connectivity index (χ1) is 11.4. The van der Waals surface area contributed by atoms with Crippen LogP contribution in [0.3, 0.4) is 0 Å². The zero-order valence-corrected chi connectivity index (χ0v) is 12.9. The van der Waals surface area contributed by atoms with E-state index in [4.69, 9.17) is 5.73 Å². The van der Waals surface area contributed by atoms with E-state index in [1.807, 2.05) is 0 Å². The summed E-state index contributed by atoms with van der Waals surface area (Å²) in [4.78, 5) is 30.9. The highest BCUT2D eigenvalue weighted by molar-refractivity contribution is 6.03. The lowest BCUT2D eigenvalue weighted by molar-refractivity contribution is -0.0412. The van der Waals surface area contributed by atoms with E-state index in [0.717, 1.165) is 0 Å². The van der Waals surface area contributed by atoms with Crippen LogP contribution in [0.2, 0.25) is 0 Å². The highest BCUT2D eigenvalue weighted by atomic mass is 19.3. The molecule has 2 aliphatic carbocycles. The number of nitrogens with one attached hydrogen (secondary N) is 1. The normalized spacial score (nSPS) is 28.2. The Morgan fingerprint density at radius 1 is 1.38 bits per heavy atom. The smallest absolute Gasteiger partial charge is 0.268 e. The third-order valence-electron chi connectivity index (χ3n) is 5.52. The molecule has 2 fully saturated rings. The Kier molecular flexibility index (Phi) is 3.23. The SMILES string of the molecule is NC(=O)c1nccc2[nH]c(C3CC4CCC(F)(F)C4C3)cc(=O)c12. The van der Waals surface area contributed by atoms with E-state index in [1.165, 1.54) is 12.3 Å². The summed E-state index contributed by atoms with van der Waals surface area (Å²) in [7, 11) is 0. The van der Waals surface area contributed by atoms with Gasteiger partial charge in [0.15, 0.2) is 5.43 Å². The molecule has 2 aromatic rings. The van der Waals surface area contributed by atoms with E-state index in [2.05, 4.69) is 9.97 Å². The molecule has 5 nitrogen and oxygen atoms in total. The Balaban J connectivity index is 1.75. The third-order valence-corrected chi connectivity index (χ3v) is 5.52. The molecule has 4 rings (SSSR count). The lowest BCUT2D eigenvalue weighted by Crippen LogP contribution is -2.22.